The summed E-state index contributed by atoms with van der Waals surface area (Å²) in [5, 5.41) is 16.1. The summed E-state index contributed by atoms with van der Waals surface area (Å²) in [7, 11) is -4.08. The van der Waals surface area contributed by atoms with Gasteiger partial charge < -0.3 is 10.8 Å². The summed E-state index contributed by atoms with van der Waals surface area (Å²) in [5.41, 5.74) is 11.1. The number of sulfonamides is 1. The SMILES string of the molecule is NC(=C(Cc1ccc(S(N)(=O)=O)cc1F)C(=Nc1nc(C(=O)O)cs1)C1CC1)c1cccc(-c2ccccc2)c1. The zero-order chi connectivity index (χ0) is 28.4. The molecule has 0 unspecified atom stereocenters. The standard InChI is InChI=1S/C29H25FN4O4S2/c30-24-15-22(40(32,37)38)12-11-20(24)14-23(27(18-9-10-18)34-29-33-25(16-39-29)28(35)36)26(31)21-8-4-7-19(13-21)17-5-2-1-3-6-17/h1-8,11-13,15-16,18H,9-10,14,31H2,(H,35,36)(H2,32,37,38). The molecule has 204 valence electrons. The Kier molecular flexibility index (Phi) is 7.61. The molecule has 4 aromatic rings. The van der Waals surface area contributed by atoms with Gasteiger partial charge in [0.05, 0.1) is 10.6 Å². The maximum absolute atomic E-state index is 15.2. The van der Waals surface area contributed by atoms with Gasteiger partial charge in [-0.3, -0.25) is 0 Å². The number of carboxylic acids is 1. The van der Waals surface area contributed by atoms with E-state index in [1.165, 1.54) is 17.5 Å². The van der Waals surface area contributed by atoms with Crippen molar-refractivity contribution in [2.75, 3.05) is 0 Å². The lowest BCUT2D eigenvalue weighted by Gasteiger charge is -2.17. The number of hydrogen-bond donors (Lipinski definition) is 3. The lowest BCUT2D eigenvalue weighted by atomic mass is 9.92. The summed E-state index contributed by atoms with van der Waals surface area (Å²) in [5.74, 6) is -1.86. The third-order valence-electron chi connectivity index (χ3n) is 6.53. The van der Waals surface area contributed by atoms with Gasteiger partial charge in [0.1, 0.15) is 5.82 Å². The molecule has 1 aliphatic carbocycles. The largest absolute Gasteiger partial charge is 0.476 e. The minimum Gasteiger partial charge on any atom is -0.476 e. The van der Waals surface area contributed by atoms with Gasteiger partial charge in [-0.25, -0.2) is 32.7 Å². The highest BCUT2D eigenvalue weighted by Gasteiger charge is 2.32. The number of rotatable bonds is 9. The normalized spacial score (nSPS) is 14.6. The van der Waals surface area contributed by atoms with Crippen molar-refractivity contribution in [3.05, 3.63) is 106 Å². The fourth-order valence-corrected chi connectivity index (χ4v) is 5.51. The van der Waals surface area contributed by atoms with Crippen LogP contribution in [0, 0.1) is 11.7 Å². The van der Waals surface area contributed by atoms with Gasteiger partial charge in [0.25, 0.3) is 0 Å². The molecule has 5 rings (SSSR count). The van der Waals surface area contributed by atoms with E-state index in [4.69, 9.17) is 15.9 Å². The number of carbonyl (C=O) groups is 1. The van der Waals surface area contributed by atoms with E-state index in [-0.39, 0.29) is 33.6 Å². The first-order valence-electron chi connectivity index (χ1n) is 12.3. The molecule has 0 atom stereocenters. The fourth-order valence-electron chi connectivity index (χ4n) is 4.31. The number of aromatic carboxylic acids is 1. The zero-order valence-electron chi connectivity index (χ0n) is 21.1. The van der Waals surface area contributed by atoms with Crippen LogP contribution in [-0.2, 0) is 16.4 Å². The van der Waals surface area contributed by atoms with Crippen LogP contribution in [0.3, 0.4) is 0 Å². The van der Waals surface area contributed by atoms with Gasteiger partial charge >= 0.3 is 5.97 Å². The van der Waals surface area contributed by atoms with Gasteiger partial charge in [-0.15, -0.1) is 11.3 Å². The third-order valence-corrected chi connectivity index (χ3v) is 8.17. The Balaban J connectivity index is 1.65. The average Bonchev–Trinajstić information content (AvgIpc) is 3.67. The first-order chi connectivity index (χ1) is 19.1. The van der Waals surface area contributed by atoms with Crippen molar-refractivity contribution in [2.45, 2.75) is 24.2 Å². The van der Waals surface area contributed by atoms with Gasteiger partial charge in [-0.1, -0.05) is 54.6 Å². The van der Waals surface area contributed by atoms with Crippen LogP contribution >= 0.6 is 11.3 Å². The van der Waals surface area contributed by atoms with Crippen LogP contribution in [0.15, 0.2) is 93.6 Å². The monoisotopic (exact) mass is 576 g/mol. The number of primary sulfonamides is 1. The molecule has 0 saturated heterocycles. The van der Waals surface area contributed by atoms with Crippen LogP contribution in [0.4, 0.5) is 9.52 Å². The predicted molar refractivity (Wildman–Crippen MR) is 153 cm³/mol. The smallest absolute Gasteiger partial charge is 0.355 e. The number of benzene rings is 3. The summed E-state index contributed by atoms with van der Waals surface area (Å²) < 4.78 is 38.7. The molecule has 1 aliphatic rings. The molecule has 1 saturated carbocycles. The van der Waals surface area contributed by atoms with Crippen molar-refractivity contribution in [3.8, 4) is 11.1 Å². The molecular weight excluding hydrogens is 551 g/mol. The van der Waals surface area contributed by atoms with Gasteiger partial charge in [0.15, 0.2) is 5.69 Å². The lowest BCUT2D eigenvalue weighted by Crippen LogP contribution is -2.16. The molecule has 11 heteroatoms. The molecule has 0 aliphatic heterocycles. The maximum Gasteiger partial charge on any atom is 0.355 e. The quantitative estimate of drug-likeness (QED) is 0.228. The summed E-state index contributed by atoms with van der Waals surface area (Å²) in [6.07, 6.45) is 1.69. The highest BCUT2D eigenvalue weighted by Crippen LogP contribution is 2.38. The molecule has 0 radical (unpaired) electrons. The van der Waals surface area contributed by atoms with Crippen molar-refractivity contribution in [3.63, 3.8) is 0 Å². The molecule has 1 fully saturated rings. The van der Waals surface area contributed by atoms with Crippen molar-refractivity contribution < 1.29 is 22.7 Å². The summed E-state index contributed by atoms with van der Waals surface area (Å²) in [6.45, 7) is 0. The van der Waals surface area contributed by atoms with E-state index in [1.807, 2.05) is 54.6 Å². The van der Waals surface area contributed by atoms with E-state index in [0.717, 1.165) is 41.4 Å². The van der Waals surface area contributed by atoms with Crippen molar-refractivity contribution in [1.82, 2.24) is 4.98 Å². The molecule has 5 N–H and O–H groups in total. The van der Waals surface area contributed by atoms with Crippen LogP contribution < -0.4 is 10.9 Å². The number of nitrogens with zero attached hydrogens (tertiary/aromatic N) is 2. The number of aromatic nitrogens is 1. The molecule has 40 heavy (non-hydrogen) atoms. The van der Waals surface area contributed by atoms with Crippen LogP contribution in [0.2, 0.25) is 0 Å². The fraction of sp³-hybridized carbons (Fsp3) is 0.138. The van der Waals surface area contributed by atoms with Gasteiger partial charge in [0, 0.05) is 29.0 Å². The summed E-state index contributed by atoms with van der Waals surface area (Å²) in [4.78, 5) is 19.9. The molecule has 8 nitrogen and oxygen atoms in total. The van der Waals surface area contributed by atoms with E-state index in [2.05, 4.69) is 4.98 Å². The Morgan fingerprint density at radius 2 is 1.77 bits per heavy atom. The van der Waals surface area contributed by atoms with Crippen molar-refractivity contribution in [1.29, 1.82) is 0 Å². The second-order valence-corrected chi connectivity index (χ2v) is 11.8. The Bertz CT molecular complexity index is 1760. The predicted octanol–water partition coefficient (Wildman–Crippen LogP) is 5.39. The lowest BCUT2D eigenvalue weighted by molar-refractivity contribution is 0.0691. The third kappa shape index (κ3) is 6.17. The van der Waals surface area contributed by atoms with Crippen LogP contribution in [-0.4, -0.2) is 30.2 Å². The van der Waals surface area contributed by atoms with E-state index in [1.54, 1.807) is 0 Å². The van der Waals surface area contributed by atoms with Crippen LogP contribution in [0.25, 0.3) is 16.8 Å². The number of carboxylic acid groups (broad SMARTS) is 1. The molecule has 1 aromatic heterocycles. The van der Waals surface area contributed by atoms with Gasteiger partial charge in [-0.2, -0.15) is 0 Å². The van der Waals surface area contributed by atoms with E-state index >= 15 is 4.39 Å². The van der Waals surface area contributed by atoms with Crippen LogP contribution in [0.1, 0.15) is 34.5 Å². The Morgan fingerprint density at radius 1 is 1.05 bits per heavy atom. The van der Waals surface area contributed by atoms with Crippen LogP contribution in [0.5, 0.6) is 0 Å². The minimum absolute atomic E-state index is 0.0185. The highest BCUT2D eigenvalue weighted by molar-refractivity contribution is 7.89. The summed E-state index contributed by atoms with van der Waals surface area (Å²) in [6, 6.07) is 21.0. The molecule has 0 spiro atoms. The number of nitrogens with two attached hydrogens (primary N) is 2. The van der Waals surface area contributed by atoms with Crippen molar-refractivity contribution in [2.24, 2.45) is 21.8 Å². The molecule has 0 bridgehead atoms. The highest BCUT2D eigenvalue weighted by atomic mass is 32.2. The molecule has 0 amide bonds. The topological polar surface area (TPSA) is 149 Å². The molecule has 3 aromatic carbocycles. The second kappa shape index (κ2) is 11.1. The number of thiazole rings is 1. The number of halogens is 1. The first-order valence-corrected chi connectivity index (χ1v) is 14.8. The van der Waals surface area contributed by atoms with Gasteiger partial charge in [-0.05, 0) is 53.3 Å². The number of allylic oxidation sites excluding steroid dienone is 1. The maximum atomic E-state index is 15.2. The Hall–Kier alpha value is -4.19. The Labute approximate surface area is 234 Å². The second-order valence-electron chi connectivity index (χ2n) is 9.41. The number of aliphatic imine (C=N–C) groups is 1. The first kappa shape index (κ1) is 27.4. The molecular formula is C29H25FN4O4S2. The molecule has 1 heterocycles. The van der Waals surface area contributed by atoms with Crippen molar-refractivity contribution >= 4 is 43.9 Å². The minimum atomic E-state index is -4.08. The Morgan fingerprint density at radius 3 is 2.40 bits per heavy atom. The van der Waals surface area contributed by atoms with Gasteiger partial charge in [0.2, 0.25) is 15.2 Å². The van der Waals surface area contributed by atoms with E-state index in [9.17, 15) is 18.3 Å². The summed E-state index contributed by atoms with van der Waals surface area (Å²) >= 11 is 1.09. The number of hydrogen-bond acceptors (Lipinski definition) is 7. The zero-order valence-corrected chi connectivity index (χ0v) is 22.8. The van der Waals surface area contributed by atoms with E-state index < -0.39 is 21.8 Å². The average molecular weight is 577 g/mol. The van der Waals surface area contributed by atoms with E-state index in [0.29, 0.717) is 22.5 Å².